The summed E-state index contributed by atoms with van der Waals surface area (Å²) in [7, 11) is -0.968. The zero-order valence-electron chi connectivity index (χ0n) is 11.7. The maximum atomic E-state index is 12.1. The Morgan fingerprint density at radius 2 is 1.90 bits per heavy atom. The number of amides is 1. The van der Waals surface area contributed by atoms with Gasteiger partial charge in [-0.25, -0.2) is 17.5 Å². The predicted molar refractivity (Wildman–Crippen MR) is 79.1 cm³/mol. The number of nitrogens with two attached hydrogens (primary N) is 1. The molecular formula is C12H15BrN2O5S. The first-order chi connectivity index (χ1) is 9.57. The van der Waals surface area contributed by atoms with E-state index in [0.29, 0.717) is 4.47 Å². The van der Waals surface area contributed by atoms with Crippen molar-refractivity contribution in [3.63, 3.8) is 0 Å². The molecule has 0 spiro atoms. The Kier molecular flexibility index (Phi) is 5.48. The van der Waals surface area contributed by atoms with Crippen LogP contribution in [-0.2, 0) is 19.6 Å². The molecule has 0 bridgehead atoms. The molecule has 0 aliphatic carbocycles. The van der Waals surface area contributed by atoms with Gasteiger partial charge in [0.05, 0.1) is 10.5 Å². The third-order valence-corrected chi connectivity index (χ3v) is 5.42. The number of benzene rings is 1. The number of rotatable bonds is 5. The minimum atomic E-state index is -3.72. The van der Waals surface area contributed by atoms with E-state index in [4.69, 9.17) is 10.5 Å². The number of sulfonamides is 1. The lowest BCUT2D eigenvalue weighted by molar-refractivity contribution is -0.125. The molecule has 0 aliphatic rings. The number of primary amides is 1. The monoisotopic (exact) mass is 378 g/mol. The fourth-order valence-corrected chi connectivity index (χ4v) is 3.16. The molecule has 0 aromatic heterocycles. The molecule has 21 heavy (non-hydrogen) atoms. The third kappa shape index (κ3) is 4.02. The van der Waals surface area contributed by atoms with Crippen LogP contribution in [0.5, 0.6) is 0 Å². The number of carbonyl (C=O) groups is 2. The van der Waals surface area contributed by atoms with E-state index in [1.165, 1.54) is 39.2 Å². The molecule has 0 aliphatic heterocycles. The second kappa shape index (κ2) is 6.54. The molecule has 1 aromatic carbocycles. The number of nitrogens with zero attached hydrogens (tertiary/aromatic N) is 1. The third-order valence-electron chi connectivity index (χ3n) is 2.61. The van der Waals surface area contributed by atoms with Crippen LogP contribution in [0.2, 0.25) is 0 Å². The maximum Gasteiger partial charge on any atom is 0.338 e. The molecule has 1 rings (SSSR count). The number of esters is 1. The second-order valence-corrected chi connectivity index (χ2v) is 7.36. The highest BCUT2D eigenvalue weighted by Gasteiger charge is 2.23. The van der Waals surface area contributed by atoms with E-state index in [-0.39, 0.29) is 10.5 Å². The standard InChI is InChI=1S/C12H15BrN2O5S/c1-7(11(14)16)20-12(17)8-4-5-9(13)10(6-8)21(18,19)15(2)3/h4-7H,1-3H3,(H2,14,16)/t7-/m1/s1. The molecule has 1 atom stereocenters. The molecule has 9 heteroatoms. The van der Waals surface area contributed by atoms with Gasteiger partial charge in [0, 0.05) is 18.6 Å². The molecule has 0 unspecified atom stereocenters. The van der Waals surface area contributed by atoms with Gasteiger partial charge in [0.1, 0.15) is 0 Å². The van der Waals surface area contributed by atoms with Gasteiger partial charge in [0.25, 0.3) is 5.91 Å². The summed E-state index contributed by atoms with van der Waals surface area (Å²) in [5, 5.41) is 0. The van der Waals surface area contributed by atoms with E-state index in [2.05, 4.69) is 15.9 Å². The average molecular weight is 379 g/mol. The molecule has 1 aromatic rings. The van der Waals surface area contributed by atoms with Gasteiger partial charge in [-0.05, 0) is 41.1 Å². The summed E-state index contributed by atoms with van der Waals surface area (Å²) in [4.78, 5) is 22.7. The van der Waals surface area contributed by atoms with Crippen molar-refractivity contribution in [1.82, 2.24) is 4.31 Å². The van der Waals surface area contributed by atoms with Crippen LogP contribution < -0.4 is 5.73 Å². The van der Waals surface area contributed by atoms with E-state index in [1.54, 1.807) is 0 Å². The summed E-state index contributed by atoms with van der Waals surface area (Å²) in [6.07, 6.45) is -1.10. The SMILES string of the molecule is C[C@@H](OC(=O)c1ccc(Br)c(S(=O)(=O)N(C)C)c1)C(N)=O. The van der Waals surface area contributed by atoms with Crippen molar-refractivity contribution < 1.29 is 22.7 Å². The highest BCUT2D eigenvalue weighted by atomic mass is 79.9. The van der Waals surface area contributed by atoms with Gasteiger partial charge in [-0.1, -0.05) is 0 Å². The molecule has 0 heterocycles. The Bertz CT molecular complexity index is 672. The highest BCUT2D eigenvalue weighted by molar-refractivity contribution is 9.10. The lowest BCUT2D eigenvalue weighted by Crippen LogP contribution is -2.30. The van der Waals surface area contributed by atoms with Gasteiger partial charge in [0.15, 0.2) is 6.10 Å². The molecular weight excluding hydrogens is 364 g/mol. The summed E-state index contributed by atoms with van der Waals surface area (Å²) in [5.41, 5.74) is 5.01. The summed E-state index contributed by atoms with van der Waals surface area (Å²) in [5.74, 6) is -1.62. The second-order valence-electron chi connectivity index (χ2n) is 4.38. The zero-order valence-corrected chi connectivity index (χ0v) is 14.1. The van der Waals surface area contributed by atoms with Crippen LogP contribution >= 0.6 is 15.9 Å². The Morgan fingerprint density at radius 3 is 2.38 bits per heavy atom. The van der Waals surface area contributed by atoms with Crippen molar-refractivity contribution >= 4 is 37.8 Å². The van der Waals surface area contributed by atoms with Gasteiger partial charge < -0.3 is 10.5 Å². The van der Waals surface area contributed by atoms with Gasteiger partial charge in [0.2, 0.25) is 10.0 Å². The molecule has 7 nitrogen and oxygen atoms in total. The first kappa shape index (κ1) is 17.6. The quantitative estimate of drug-likeness (QED) is 0.759. The van der Waals surface area contributed by atoms with Gasteiger partial charge in [-0.3, -0.25) is 4.79 Å². The minimum Gasteiger partial charge on any atom is -0.449 e. The van der Waals surface area contributed by atoms with Crippen LogP contribution in [0.3, 0.4) is 0 Å². The molecule has 0 saturated heterocycles. The zero-order chi connectivity index (χ0) is 16.4. The number of hydrogen-bond acceptors (Lipinski definition) is 5. The van der Waals surface area contributed by atoms with Crippen molar-refractivity contribution in [2.45, 2.75) is 17.9 Å². The van der Waals surface area contributed by atoms with Crippen LogP contribution in [0.25, 0.3) is 0 Å². The molecule has 0 fully saturated rings. The van der Waals surface area contributed by atoms with Gasteiger partial charge >= 0.3 is 5.97 Å². The number of halogens is 1. The van der Waals surface area contributed by atoms with Gasteiger partial charge in [-0.15, -0.1) is 0 Å². The van der Waals surface area contributed by atoms with E-state index >= 15 is 0 Å². The van der Waals surface area contributed by atoms with Crippen LogP contribution in [-0.4, -0.2) is 44.8 Å². The van der Waals surface area contributed by atoms with E-state index in [9.17, 15) is 18.0 Å². The van der Waals surface area contributed by atoms with Crippen LogP contribution in [0.4, 0.5) is 0 Å². The average Bonchev–Trinajstić information content (AvgIpc) is 2.38. The highest BCUT2D eigenvalue weighted by Crippen LogP contribution is 2.25. The fourth-order valence-electron chi connectivity index (χ4n) is 1.31. The van der Waals surface area contributed by atoms with E-state index < -0.39 is 28.0 Å². The topological polar surface area (TPSA) is 107 Å². The molecule has 2 N–H and O–H groups in total. The molecule has 0 saturated carbocycles. The van der Waals surface area contributed by atoms with Crippen molar-refractivity contribution in [1.29, 1.82) is 0 Å². The minimum absolute atomic E-state index is 0.00623. The van der Waals surface area contributed by atoms with Crippen molar-refractivity contribution in [2.24, 2.45) is 5.73 Å². The molecule has 116 valence electrons. The smallest absolute Gasteiger partial charge is 0.338 e. The first-order valence-electron chi connectivity index (χ1n) is 5.79. The Labute approximate surface area is 131 Å². The summed E-state index contributed by atoms with van der Waals surface area (Å²) in [6.45, 7) is 1.33. The fraction of sp³-hybridized carbons (Fsp3) is 0.333. The first-order valence-corrected chi connectivity index (χ1v) is 8.03. The molecule has 1 amide bonds. The normalized spacial score (nSPS) is 13.0. The summed E-state index contributed by atoms with van der Waals surface area (Å²) in [6, 6.07) is 3.98. The Balaban J connectivity index is 3.19. The lowest BCUT2D eigenvalue weighted by atomic mass is 10.2. The van der Waals surface area contributed by atoms with Crippen molar-refractivity contribution in [2.75, 3.05) is 14.1 Å². The van der Waals surface area contributed by atoms with E-state index in [1.807, 2.05) is 0 Å². The molecule has 0 radical (unpaired) electrons. The van der Waals surface area contributed by atoms with Crippen LogP contribution in [0, 0.1) is 0 Å². The number of hydrogen-bond donors (Lipinski definition) is 1. The van der Waals surface area contributed by atoms with Crippen molar-refractivity contribution in [3.8, 4) is 0 Å². The van der Waals surface area contributed by atoms with E-state index in [0.717, 1.165) is 4.31 Å². The van der Waals surface area contributed by atoms with Crippen LogP contribution in [0.1, 0.15) is 17.3 Å². The lowest BCUT2D eigenvalue weighted by Gasteiger charge is -2.14. The maximum absolute atomic E-state index is 12.1. The van der Waals surface area contributed by atoms with Crippen LogP contribution in [0.15, 0.2) is 27.6 Å². The van der Waals surface area contributed by atoms with Gasteiger partial charge in [-0.2, -0.15) is 0 Å². The van der Waals surface area contributed by atoms with Crippen molar-refractivity contribution in [3.05, 3.63) is 28.2 Å². The largest absolute Gasteiger partial charge is 0.449 e. The Hall–Kier alpha value is -1.45. The summed E-state index contributed by atoms with van der Waals surface area (Å²) < 4.78 is 30.4. The predicted octanol–water partition coefficient (Wildman–Crippen LogP) is 0.730. The number of carbonyl (C=O) groups excluding carboxylic acids is 2. The summed E-state index contributed by atoms with van der Waals surface area (Å²) >= 11 is 3.13. The number of ether oxygens (including phenoxy) is 1. The Morgan fingerprint density at radius 1 is 1.33 bits per heavy atom.